The fraction of sp³-hybridized carbons (Fsp3) is 0.604. The van der Waals surface area contributed by atoms with Gasteiger partial charge in [0.25, 0.3) is 0 Å². The van der Waals surface area contributed by atoms with Gasteiger partial charge in [0.05, 0.1) is 89.3 Å². The van der Waals surface area contributed by atoms with Crippen LogP contribution in [0.2, 0.25) is 5.02 Å². The minimum Gasteiger partial charge on any atom is -0.542 e. The largest absolute Gasteiger partial charge is 0.542 e. The summed E-state index contributed by atoms with van der Waals surface area (Å²) < 4.78 is 173. The minimum absolute atomic E-state index is 0.0429. The molecule has 3 aliphatic carbocycles. The maximum atomic E-state index is 13.6. The van der Waals surface area contributed by atoms with E-state index in [-0.39, 0.29) is 41.8 Å². The monoisotopic (exact) mass is 1890 g/mol. The van der Waals surface area contributed by atoms with Crippen LogP contribution >= 0.6 is 45.6 Å². The number of hydrogen-bond donors (Lipinski definition) is 3. The summed E-state index contributed by atoms with van der Waals surface area (Å²) in [5.41, 5.74) is -1.64. The van der Waals surface area contributed by atoms with Crippen molar-refractivity contribution in [2.45, 2.75) is 215 Å². The number of thiophene rings is 3. The Morgan fingerprint density at radius 2 is 0.727 bits per heavy atom. The molecule has 3 aromatic heterocycles. The highest BCUT2D eigenvalue weighted by molar-refractivity contribution is 7.10. The highest BCUT2D eigenvalue weighted by Crippen LogP contribution is 2.50. The molecule has 18 rings (SSSR count). The van der Waals surface area contributed by atoms with Gasteiger partial charge in [-0.3, -0.25) is 0 Å². The van der Waals surface area contributed by atoms with Crippen molar-refractivity contribution >= 4 is 81.4 Å². The molecule has 6 aromatic rings. The van der Waals surface area contributed by atoms with Crippen molar-refractivity contribution in [3.05, 3.63) is 155 Å². The molecule has 6 bridgehead atoms. The number of rotatable bonds is 27. The predicted molar refractivity (Wildman–Crippen MR) is 445 cm³/mol. The standard InChI is InChI=1S/C30H42NO4S.C28H35F3NO4S.C27H35ClNO4S.3C2HF3O2/c1-21-18-22(2)28(23(3)19-21)34-16-7-13-31-14-11-24(12-15-31)26(20-31)35-29(32)30(33,25-8-4-5-9-25)27-10-6-17-36-27;29-28(30,31)22-8-3-9-23(18-22)35-16-5-13-32-14-11-20(12-15-32)24(19-32)36-26(33)27(34,21-6-1-2-7-21)25-10-4-17-37-25;28-22-9-3-4-10-23(22)32-17-6-14-29-15-12-20(13-16-29)24(19-29)33-26(30)27(31,21-7-1-2-8-21)25-11-5-18-34-25;3*3-2(4,5)1(6)7/h6,10,17-19,24-26,33H,4-5,7-9,11-16,20H2,1-3H3;3-4,8-10,17-18,20-21,24,34H,1-2,5-7,11-16,19H2;3-5,9-11,18,20-21,24,31H,1-2,6-8,12-17,19H2;3*(H,6,7)/q3*+1;;;/p-3/t24?,26-,30-,31?;20?,24-,27+,32?;20?,24-,27+,29?;;;/m100.../s1. The van der Waals surface area contributed by atoms with Gasteiger partial charge in [-0.2, -0.15) is 52.7 Å². The molecule has 12 heterocycles. The van der Waals surface area contributed by atoms with Crippen LogP contribution in [0.5, 0.6) is 17.2 Å². The maximum absolute atomic E-state index is 13.6. The summed E-state index contributed by atoms with van der Waals surface area (Å²) in [7, 11) is 0. The molecular weight excluding hydrogens is 1780 g/mol. The van der Waals surface area contributed by atoms with E-state index in [4.69, 9.17) is 69.7 Å². The minimum atomic E-state index is -5.19. The van der Waals surface area contributed by atoms with Crippen LogP contribution < -0.4 is 29.5 Å². The molecule has 37 heteroatoms. The Morgan fingerprint density at radius 1 is 0.414 bits per heavy atom. The lowest BCUT2D eigenvalue weighted by Gasteiger charge is -2.52. The zero-order valence-electron chi connectivity index (χ0n) is 71.6. The molecule has 0 amide bonds. The Bertz CT molecular complexity index is 4500. The molecule has 0 unspecified atom stereocenters. The Morgan fingerprint density at radius 3 is 1.02 bits per heavy atom. The van der Waals surface area contributed by atoms with Crippen LogP contribution in [-0.2, 0) is 66.0 Å². The number of ether oxygens (including phenoxy) is 6. The molecule has 21 nitrogen and oxygen atoms in total. The molecule has 3 saturated carbocycles. The molecule has 3 N–H and O–H groups in total. The molecule has 128 heavy (non-hydrogen) atoms. The van der Waals surface area contributed by atoms with E-state index < -0.39 is 82.9 Å². The topological polar surface area (TPSA) is 288 Å². The molecule has 3 aromatic carbocycles. The number of aliphatic carboxylic acids is 3. The van der Waals surface area contributed by atoms with E-state index in [1.807, 2.05) is 76.8 Å². The number of carboxylic acid groups (broad SMARTS) is 3. The van der Waals surface area contributed by atoms with Crippen LogP contribution in [0.25, 0.3) is 0 Å². The number of nitrogens with zero attached hydrogens (tertiary/aromatic N) is 3. The summed E-state index contributed by atoms with van der Waals surface area (Å²) in [6, 6.07) is 28.2. The van der Waals surface area contributed by atoms with E-state index in [2.05, 4.69) is 32.9 Å². The van der Waals surface area contributed by atoms with E-state index in [0.717, 1.165) is 247 Å². The summed E-state index contributed by atoms with van der Waals surface area (Å²) in [6.07, 6.45) is -0.0785. The SMILES string of the molecule is Cc1cc(C)c(OCCC[N+]23CCC(CC2)[C@H](OC(=O)[C@](O)(c2cccs2)C2CCCC2)C3)c(C)c1.O=C(O[C@H]1C[N+]2(CCCOc3cccc(C(F)(F)F)c3)CCC1CC2)[C@](O)(c1cccs1)C1CCCC1.O=C(O[C@H]1C[N+]2(CCCOc3ccccc3Cl)CCC1CC2)[C@](O)(c1cccs1)C1CCCC1.O=C([O-])C(F)(F)F.O=C([O-])C(F)(F)F.O=C([O-])C(F)(F)F. The summed E-state index contributed by atoms with van der Waals surface area (Å²) in [6.45, 7) is 19.9. The third-order valence-electron chi connectivity index (χ3n) is 26.8. The maximum Gasteiger partial charge on any atom is 0.430 e. The molecule has 0 radical (unpaired) electrons. The van der Waals surface area contributed by atoms with Crippen molar-refractivity contribution in [1.29, 1.82) is 0 Å². The lowest BCUT2D eigenvalue weighted by atomic mass is 9.82. The smallest absolute Gasteiger partial charge is 0.430 e. The first-order chi connectivity index (χ1) is 60.3. The highest BCUT2D eigenvalue weighted by Gasteiger charge is 2.57. The van der Waals surface area contributed by atoms with Crippen molar-refractivity contribution in [2.24, 2.45) is 35.5 Å². The van der Waals surface area contributed by atoms with Gasteiger partial charge in [0.1, 0.15) is 54.8 Å². The van der Waals surface area contributed by atoms with Gasteiger partial charge in [0.15, 0.2) is 35.1 Å². The fourth-order valence-corrected chi connectivity index (χ4v) is 22.9. The van der Waals surface area contributed by atoms with Crippen molar-refractivity contribution < 1.29 is 154 Å². The van der Waals surface area contributed by atoms with Gasteiger partial charge in [-0.1, -0.05) is 104 Å². The second-order valence-electron chi connectivity index (χ2n) is 35.2. The molecule has 6 atom stereocenters. The number of esters is 3. The molecule has 708 valence electrons. The number of halogens is 13. The Balaban J connectivity index is 0.000000179. The van der Waals surface area contributed by atoms with Crippen LogP contribution in [0, 0.1) is 56.3 Å². The average Bonchev–Trinajstić information content (AvgIpc) is 1.77. The zero-order valence-corrected chi connectivity index (χ0v) is 74.8. The number of alkyl halides is 12. The summed E-state index contributed by atoms with van der Waals surface area (Å²) >= 11 is 10.5. The summed E-state index contributed by atoms with van der Waals surface area (Å²) in [5, 5.41) is 67.9. The van der Waals surface area contributed by atoms with Gasteiger partial charge < -0.3 is 86.9 Å². The third-order valence-corrected chi connectivity index (χ3v) is 30.1. The van der Waals surface area contributed by atoms with Gasteiger partial charge in [0.2, 0.25) is 0 Å². The normalized spacial score (nSPS) is 25.2. The number of carbonyl (C=O) groups excluding carboxylic acids is 6. The number of aliphatic hydroxyl groups is 3. The van der Waals surface area contributed by atoms with Gasteiger partial charge >= 0.3 is 42.6 Å². The fourth-order valence-electron chi connectivity index (χ4n) is 20.1. The van der Waals surface area contributed by atoms with Crippen LogP contribution in [0.15, 0.2) is 113 Å². The van der Waals surface area contributed by atoms with Gasteiger partial charge in [-0.05, 0) is 135 Å². The van der Waals surface area contributed by atoms with E-state index in [1.54, 1.807) is 6.07 Å². The number of aryl methyl sites for hydroxylation is 3. The van der Waals surface area contributed by atoms with Crippen LogP contribution in [0.3, 0.4) is 0 Å². The van der Waals surface area contributed by atoms with Crippen LogP contribution in [-0.4, -0.2) is 200 Å². The number of hydrogen-bond acceptors (Lipinski definition) is 21. The molecule has 12 aliphatic rings. The number of fused-ring (bicyclic) bond motifs is 9. The van der Waals surface area contributed by atoms with Crippen molar-refractivity contribution in [3.63, 3.8) is 0 Å². The quantitative estimate of drug-likeness (QED) is 0.0142. The lowest BCUT2D eigenvalue weighted by molar-refractivity contribution is -0.946. The van der Waals surface area contributed by atoms with Crippen LogP contribution in [0.4, 0.5) is 52.7 Å². The van der Waals surface area contributed by atoms with Gasteiger partial charge in [-0.25, -0.2) is 14.4 Å². The Kier molecular flexibility index (Phi) is 35.3. The second-order valence-corrected chi connectivity index (χ2v) is 38.5. The van der Waals surface area contributed by atoms with Gasteiger partial charge in [0, 0.05) is 108 Å². The first kappa shape index (κ1) is 102. The number of benzene rings is 3. The Hall–Kier alpha value is -7.81. The van der Waals surface area contributed by atoms with E-state index in [9.17, 15) is 82.4 Å². The van der Waals surface area contributed by atoms with E-state index in [1.165, 1.54) is 56.8 Å². The summed E-state index contributed by atoms with van der Waals surface area (Å²) in [4.78, 5) is 69.2. The number of para-hydroxylation sites is 1. The number of piperidine rings is 9. The van der Waals surface area contributed by atoms with Crippen molar-refractivity contribution in [1.82, 2.24) is 0 Å². The Labute approximate surface area is 752 Å². The second kappa shape index (κ2) is 44.2. The molecule has 9 aliphatic heterocycles. The molecular formula is C91H112ClF12N3O18S3. The number of carbonyl (C=O) groups is 6. The lowest BCUT2D eigenvalue weighted by Crippen LogP contribution is -2.65. The van der Waals surface area contributed by atoms with Gasteiger partial charge in [-0.15, -0.1) is 34.0 Å². The molecule has 12 fully saturated rings. The van der Waals surface area contributed by atoms with Crippen molar-refractivity contribution in [2.75, 3.05) is 98.4 Å². The van der Waals surface area contributed by atoms with Crippen molar-refractivity contribution in [3.8, 4) is 17.2 Å². The predicted octanol–water partition coefficient (Wildman–Crippen LogP) is 14.7. The average molecular weight is 1900 g/mol. The summed E-state index contributed by atoms with van der Waals surface area (Å²) in [5.74, 6) is -7.49. The number of quaternary nitrogens is 3. The van der Waals surface area contributed by atoms with E-state index in [0.29, 0.717) is 60.4 Å². The van der Waals surface area contributed by atoms with Crippen LogP contribution in [0.1, 0.15) is 172 Å². The third kappa shape index (κ3) is 26.4. The first-order valence-electron chi connectivity index (χ1n) is 43.5. The van der Waals surface area contributed by atoms with E-state index >= 15 is 0 Å². The molecule has 9 saturated heterocycles. The highest BCUT2D eigenvalue weighted by atomic mass is 35.5. The zero-order chi connectivity index (χ0) is 93.3. The number of carboxylic acids is 3. The molecule has 0 spiro atoms. The first-order valence-corrected chi connectivity index (χ1v) is 46.6.